The van der Waals surface area contributed by atoms with Crippen molar-refractivity contribution in [2.24, 2.45) is 0 Å². The molecule has 20 heavy (non-hydrogen) atoms. The van der Waals surface area contributed by atoms with Gasteiger partial charge in [-0.05, 0) is 31.3 Å². The zero-order valence-corrected chi connectivity index (χ0v) is 13.1. The Morgan fingerprint density at radius 2 is 1.75 bits per heavy atom. The number of ether oxygens (including phenoxy) is 1. The monoisotopic (exact) mass is 292 g/mol. The standard InChI is InChI=1S/C15H20O4Si/c1-5-11-18-14(16)12-9-7-8-10-13(12)15(17)19-20(3,4)6-2/h5,7-10H,1,6,11H2,2-4H3. The minimum absolute atomic E-state index is 0.109. The number of hydrogen-bond donors (Lipinski definition) is 0. The summed E-state index contributed by atoms with van der Waals surface area (Å²) in [4.78, 5) is 24.1. The fraction of sp³-hybridized carbons (Fsp3) is 0.333. The number of esters is 1. The van der Waals surface area contributed by atoms with Crippen LogP contribution in [0.4, 0.5) is 0 Å². The van der Waals surface area contributed by atoms with Crippen molar-refractivity contribution >= 4 is 20.3 Å². The van der Waals surface area contributed by atoms with Crippen LogP contribution < -0.4 is 0 Å². The summed E-state index contributed by atoms with van der Waals surface area (Å²) in [5.41, 5.74) is 0.468. The minimum Gasteiger partial charge on any atom is -0.516 e. The molecule has 0 atom stereocenters. The van der Waals surface area contributed by atoms with Crippen LogP contribution in [0.5, 0.6) is 0 Å². The van der Waals surface area contributed by atoms with Crippen LogP contribution >= 0.6 is 0 Å². The fourth-order valence-electron chi connectivity index (χ4n) is 1.43. The van der Waals surface area contributed by atoms with Crippen molar-refractivity contribution in [1.29, 1.82) is 0 Å². The van der Waals surface area contributed by atoms with Gasteiger partial charge in [0.05, 0.1) is 11.1 Å². The van der Waals surface area contributed by atoms with Crippen LogP contribution in [0.2, 0.25) is 19.1 Å². The average molecular weight is 292 g/mol. The molecule has 0 N–H and O–H groups in total. The molecule has 4 nitrogen and oxygen atoms in total. The first kappa shape index (κ1) is 16.2. The van der Waals surface area contributed by atoms with Crippen molar-refractivity contribution in [2.75, 3.05) is 6.61 Å². The molecular weight excluding hydrogens is 272 g/mol. The third-order valence-electron chi connectivity index (χ3n) is 2.92. The van der Waals surface area contributed by atoms with Gasteiger partial charge < -0.3 is 9.16 Å². The lowest BCUT2D eigenvalue weighted by atomic mass is 10.1. The molecule has 1 rings (SSSR count). The van der Waals surface area contributed by atoms with Crippen molar-refractivity contribution in [3.05, 3.63) is 48.0 Å². The molecule has 108 valence electrons. The highest BCUT2D eigenvalue weighted by atomic mass is 28.4. The van der Waals surface area contributed by atoms with E-state index in [1.165, 1.54) is 6.08 Å². The summed E-state index contributed by atoms with van der Waals surface area (Å²) < 4.78 is 10.5. The van der Waals surface area contributed by atoms with Gasteiger partial charge in [-0.15, -0.1) is 0 Å². The Bertz CT molecular complexity index is 508. The quantitative estimate of drug-likeness (QED) is 0.458. The summed E-state index contributed by atoms with van der Waals surface area (Å²) in [7, 11) is -2.02. The molecule has 0 saturated carbocycles. The van der Waals surface area contributed by atoms with Gasteiger partial charge >= 0.3 is 11.9 Å². The fourth-order valence-corrected chi connectivity index (χ4v) is 2.19. The highest BCUT2D eigenvalue weighted by molar-refractivity contribution is 6.72. The van der Waals surface area contributed by atoms with Gasteiger partial charge in [0, 0.05) is 0 Å². The van der Waals surface area contributed by atoms with Crippen molar-refractivity contribution in [3.63, 3.8) is 0 Å². The Balaban J connectivity index is 2.98. The molecule has 0 aliphatic heterocycles. The summed E-state index contributed by atoms with van der Waals surface area (Å²) in [5, 5.41) is 0. The van der Waals surface area contributed by atoms with E-state index in [1.54, 1.807) is 24.3 Å². The largest absolute Gasteiger partial charge is 0.516 e. The molecule has 0 heterocycles. The highest BCUT2D eigenvalue weighted by Crippen LogP contribution is 2.17. The molecule has 0 aromatic heterocycles. The van der Waals surface area contributed by atoms with Crippen LogP contribution in [0, 0.1) is 0 Å². The van der Waals surface area contributed by atoms with Gasteiger partial charge in [-0.25, -0.2) is 9.59 Å². The summed E-state index contributed by atoms with van der Waals surface area (Å²) in [6.45, 7) is 9.50. The molecule has 0 unspecified atom stereocenters. The molecular formula is C15H20O4Si. The zero-order chi connectivity index (χ0) is 15.2. The third kappa shape index (κ3) is 4.34. The Kier molecular flexibility index (Phi) is 5.70. The van der Waals surface area contributed by atoms with Gasteiger partial charge in [0.25, 0.3) is 0 Å². The van der Waals surface area contributed by atoms with Crippen LogP contribution in [0.3, 0.4) is 0 Å². The molecule has 0 aliphatic carbocycles. The Hall–Kier alpha value is -1.88. The minimum atomic E-state index is -2.02. The number of carbonyl (C=O) groups is 2. The lowest BCUT2D eigenvalue weighted by Crippen LogP contribution is -2.32. The molecule has 0 bridgehead atoms. The number of hydrogen-bond acceptors (Lipinski definition) is 4. The first-order valence-electron chi connectivity index (χ1n) is 6.51. The average Bonchev–Trinajstić information content (AvgIpc) is 2.44. The molecule has 0 aliphatic rings. The summed E-state index contributed by atoms with van der Waals surface area (Å²) in [5.74, 6) is -1.01. The van der Waals surface area contributed by atoms with E-state index in [4.69, 9.17) is 9.16 Å². The van der Waals surface area contributed by atoms with E-state index in [-0.39, 0.29) is 17.7 Å². The molecule has 1 aromatic rings. The van der Waals surface area contributed by atoms with E-state index in [0.717, 1.165) is 6.04 Å². The van der Waals surface area contributed by atoms with Crippen LogP contribution in [-0.4, -0.2) is 26.9 Å². The van der Waals surface area contributed by atoms with E-state index in [9.17, 15) is 9.59 Å². The molecule has 0 spiro atoms. The normalized spacial score (nSPS) is 10.8. The second kappa shape index (κ2) is 7.05. The molecule has 1 aromatic carbocycles. The van der Waals surface area contributed by atoms with E-state index in [2.05, 4.69) is 6.58 Å². The van der Waals surface area contributed by atoms with Crippen LogP contribution in [0.15, 0.2) is 36.9 Å². The predicted octanol–water partition coefficient (Wildman–Crippen LogP) is 3.41. The molecule has 0 amide bonds. The van der Waals surface area contributed by atoms with E-state index in [1.807, 2.05) is 20.0 Å². The molecule has 0 fully saturated rings. The summed E-state index contributed by atoms with van der Waals surface area (Å²) in [6, 6.07) is 7.34. The van der Waals surface area contributed by atoms with Gasteiger partial charge in [0.15, 0.2) is 0 Å². The first-order valence-corrected chi connectivity index (χ1v) is 9.63. The van der Waals surface area contributed by atoms with Crippen molar-refractivity contribution in [1.82, 2.24) is 0 Å². The second-order valence-corrected chi connectivity index (χ2v) is 9.37. The lowest BCUT2D eigenvalue weighted by Gasteiger charge is -2.21. The SMILES string of the molecule is C=CCOC(=O)c1ccccc1C(=O)O[Si](C)(C)CC. The third-order valence-corrected chi connectivity index (χ3v) is 5.36. The van der Waals surface area contributed by atoms with Gasteiger partial charge in [-0.2, -0.15) is 0 Å². The molecule has 0 radical (unpaired) electrons. The smallest absolute Gasteiger partial charge is 0.339 e. The van der Waals surface area contributed by atoms with Gasteiger partial charge in [-0.3, -0.25) is 0 Å². The van der Waals surface area contributed by atoms with E-state index in [0.29, 0.717) is 0 Å². The lowest BCUT2D eigenvalue weighted by molar-refractivity contribution is 0.0538. The number of rotatable bonds is 6. The van der Waals surface area contributed by atoms with Crippen molar-refractivity contribution in [3.8, 4) is 0 Å². The second-order valence-electron chi connectivity index (χ2n) is 4.94. The van der Waals surface area contributed by atoms with Gasteiger partial charge in [0.1, 0.15) is 6.61 Å². The highest BCUT2D eigenvalue weighted by Gasteiger charge is 2.27. The van der Waals surface area contributed by atoms with Crippen LogP contribution in [-0.2, 0) is 9.16 Å². The molecule has 5 heteroatoms. The number of benzene rings is 1. The topological polar surface area (TPSA) is 52.6 Å². The summed E-state index contributed by atoms with van der Waals surface area (Å²) in [6.07, 6.45) is 1.48. The van der Waals surface area contributed by atoms with E-state index < -0.39 is 20.3 Å². The van der Waals surface area contributed by atoms with Crippen LogP contribution in [0.25, 0.3) is 0 Å². The Labute approximate surface area is 120 Å². The van der Waals surface area contributed by atoms with Crippen molar-refractivity contribution in [2.45, 2.75) is 26.1 Å². The Morgan fingerprint density at radius 3 is 2.25 bits per heavy atom. The van der Waals surface area contributed by atoms with Crippen LogP contribution in [0.1, 0.15) is 27.6 Å². The zero-order valence-electron chi connectivity index (χ0n) is 12.1. The van der Waals surface area contributed by atoms with Gasteiger partial charge in [0.2, 0.25) is 8.32 Å². The van der Waals surface area contributed by atoms with Gasteiger partial charge in [-0.1, -0.05) is 31.7 Å². The molecule has 0 saturated heterocycles. The summed E-state index contributed by atoms with van der Waals surface area (Å²) >= 11 is 0. The number of carbonyl (C=O) groups excluding carboxylic acids is 2. The maximum absolute atomic E-state index is 12.2. The van der Waals surface area contributed by atoms with Crippen molar-refractivity contribution < 1.29 is 18.8 Å². The van der Waals surface area contributed by atoms with E-state index >= 15 is 0 Å². The first-order chi connectivity index (χ1) is 9.41. The Morgan fingerprint density at radius 1 is 1.20 bits per heavy atom. The maximum Gasteiger partial charge on any atom is 0.339 e. The maximum atomic E-state index is 12.2. The predicted molar refractivity (Wildman–Crippen MR) is 80.3 cm³/mol.